The van der Waals surface area contributed by atoms with Gasteiger partial charge in [-0.25, -0.2) is 0 Å². The number of hydrogen-bond donors (Lipinski definition) is 1. The van der Waals surface area contributed by atoms with Crippen molar-refractivity contribution >= 4 is 5.91 Å². The van der Waals surface area contributed by atoms with Gasteiger partial charge in [-0.2, -0.15) is 0 Å². The molecule has 1 amide bonds. The molecule has 2 aliphatic heterocycles. The Morgan fingerprint density at radius 3 is 2.52 bits per heavy atom. The standard InChI is InChI=1S/C21H31N3O/c1-23-16-18-9-3-2-8-17(18)14-19(23)15-22-20(25)21(10-4-5-11-21)24-12-6-7-13-24/h2-3,8-9,19H,4-7,10-16H2,1H3,(H,22,25)/t19-/m0/s1. The van der Waals surface area contributed by atoms with Crippen LogP contribution in [0.2, 0.25) is 0 Å². The van der Waals surface area contributed by atoms with E-state index in [0.29, 0.717) is 11.9 Å². The van der Waals surface area contributed by atoms with Crippen LogP contribution in [-0.2, 0) is 17.8 Å². The molecule has 1 aromatic carbocycles. The summed E-state index contributed by atoms with van der Waals surface area (Å²) in [5.74, 6) is 0.291. The number of nitrogens with one attached hydrogen (secondary N) is 1. The fourth-order valence-corrected chi connectivity index (χ4v) is 5.11. The predicted molar refractivity (Wildman–Crippen MR) is 100 cm³/mol. The molecule has 1 saturated carbocycles. The van der Waals surface area contributed by atoms with Crippen molar-refractivity contribution in [3.63, 3.8) is 0 Å². The highest BCUT2D eigenvalue weighted by atomic mass is 16.2. The van der Waals surface area contributed by atoms with Crippen molar-refractivity contribution in [2.45, 2.75) is 63.1 Å². The molecule has 0 spiro atoms. The summed E-state index contributed by atoms with van der Waals surface area (Å²) >= 11 is 0. The molecule has 0 unspecified atom stereocenters. The van der Waals surface area contributed by atoms with E-state index >= 15 is 0 Å². The van der Waals surface area contributed by atoms with E-state index in [0.717, 1.165) is 45.4 Å². The minimum atomic E-state index is -0.207. The molecule has 136 valence electrons. The smallest absolute Gasteiger partial charge is 0.240 e. The van der Waals surface area contributed by atoms with Crippen LogP contribution in [0.4, 0.5) is 0 Å². The van der Waals surface area contributed by atoms with E-state index in [1.54, 1.807) is 0 Å². The number of carbonyl (C=O) groups excluding carboxylic acids is 1. The summed E-state index contributed by atoms with van der Waals surface area (Å²) < 4.78 is 0. The van der Waals surface area contributed by atoms with Gasteiger partial charge in [0.25, 0.3) is 0 Å². The molecular formula is C21H31N3O. The molecule has 1 saturated heterocycles. The summed E-state index contributed by atoms with van der Waals surface area (Å²) in [6, 6.07) is 9.10. The Bertz CT molecular complexity index is 617. The van der Waals surface area contributed by atoms with Crippen LogP contribution < -0.4 is 5.32 Å². The summed E-state index contributed by atoms with van der Waals surface area (Å²) in [7, 11) is 2.18. The number of hydrogen-bond acceptors (Lipinski definition) is 3. The lowest BCUT2D eigenvalue weighted by Crippen LogP contribution is -2.58. The predicted octanol–water partition coefficient (Wildman–Crippen LogP) is 2.57. The van der Waals surface area contributed by atoms with E-state index in [-0.39, 0.29) is 5.54 Å². The molecule has 0 radical (unpaired) electrons. The fraction of sp³-hybridized carbons (Fsp3) is 0.667. The van der Waals surface area contributed by atoms with Gasteiger partial charge in [0.15, 0.2) is 0 Å². The third kappa shape index (κ3) is 3.22. The first-order valence-corrected chi connectivity index (χ1v) is 9.99. The highest BCUT2D eigenvalue weighted by Crippen LogP contribution is 2.37. The second-order valence-corrected chi connectivity index (χ2v) is 8.18. The summed E-state index contributed by atoms with van der Waals surface area (Å²) in [5, 5.41) is 3.35. The largest absolute Gasteiger partial charge is 0.353 e. The van der Waals surface area contributed by atoms with E-state index in [1.165, 1.54) is 36.8 Å². The number of benzene rings is 1. The van der Waals surface area contributed by atoms with Crippen molar-refractivity contribution in [3.8, 4) is 0 Å². The Labute approximate surface area is 151 Å². The van der Waals surface area contributed by atoms with Crippen molar-refractivity contribution in [2.24, 2.45) is 0 Å². The molecule has 1 aliphatic carbocycles. The Hall–Kier alpha value is -1.39. The SMILES string of the molecule is CN1Cc2ccccc2C[C@H]1CNC(=O)C1(N2CCCC2)CCCC1. The maximum atomic E-state index is 13.2. The van der Waals surface area contributed by atoms with Crippen LogP contribution in [0.1, 0.15) is 49.7 Å². The number of likely N-dealkylation sites (tertiary alicyclic amines) is 1. The molecule has 0 aromatic heterocycles. The van der Waals surface area contributed by atoms with E-state index in [2.05, 4.69) is 46.4 Å². The number of carbonyl (C=O) groups is 1. The molecule has 4 heteroatoms. The molecule has 3 aliphatic rings. The molecule has 4 rings (SSSR count). The Morgan fingerprint density at radius 2 is 1.80 bits per heavy atom. The lowest BCUT2D eigenvalue weighted by molar-refractivity contribution is -0.133. The van der Waals surface area contributed by atoms with Crippen molar-refractivity contribution in [1.82, 2.24) is 15.1 Å². The molecule has 4 nitrogen and oxygen atoms in total. The van der Waals surface area contributed by atoms with Crippen LogP contribution in [0, 0.1) is 0 Å². The van der Waals surface area contributed by atoms with Gasteiger partial charge in [0, 0.05) is 19.1 Å². The Morgan fingerprint density at radius 1 is 1.12 bits per heavy atom. The van der Waals surface area contributed by atoms with E-state index in [1.807, 2.05) is 0 Å². The first kappa shape index (κ1) is 17.0. The topological polar surface area (TPSA) is 35.6 Å². The van der Waals surface area contributed by atoms with Crippen molar-refractivity contribution in [3.05, 3.63) is 35.4 Å². The number of nitrogens with zero attached hydrogens (tertiary/aromatic N) is 2. The molecule has 1 aromatic rings. The number of rotatable bonds is 4. The van der Waals surface area contributed by atoms with Crippen LogP contribution in [0.5, 0.6) is 0 Å². The second kappa shape index (κ2) is 7.08. The normalized spacial score (nSPS) is 26.5. The summed E-state index contributed by atoms with van der Waals surface area (Å²) in [6.07, 6.45) is 8.00. The van der Waals surface area contributed by atoms with Gasteiger partial charge >= 0.3 is 0 Å². The zero-order chi connectivity index (χ0) is 17.3. The van der Waals surface area contributed by atoms with Crippen LogP contribution in [0.3, 0.4) is 0 Å². The third-order valence-electron chi connectivity index (χ3n) is 6.68. The third-order valence-corrected chi connectivity index (χ3v) is 6.68. The number of fused-ring (bicyclic) bond motifs is 1. The Kier molecular flexibility index (Phi) is 4.83. The zero-order valence-corrected chi connectivity index (χ0v) is 15.5. The van der Waals surface area contributed by atoms with Crippen molar-refractivity contribution < 1.29 is 4.79 Å². The van der Waals surface area contributed by atoms with E-state index in [9.17, 15) is 4.79 Å². The summed E-state index contributed by atoms with van der Waals surface area (Å²) in [6.45, 7) is 3.95. The second-order valence-electron chi connectivity index (χ2n) is 8.18. The van der Waals surface area contributed by atoms with Gasteiger partial charge in [-0.15, -0.1) is 0 Å². The highest BCUT2D eigenvalue weighted by Gasteiger charge is 2.46. The lowest BCUT2D eigenvalue weighted by atomic mass is 9.92. The molecule has 1 N–H and O–H groups in total. The van der Waals surface area contributed by atoms with E-state index < -0.39 is 0 Å². The minimum absolute atomic E-state index is 0.207. The molecule has 1 atom stereocenters. The van der Waals surface area contributed by atoms with Crippen LogP contribution in [0.25, 0.3) is 0 Å². The van der Waals surface area contributed by atoms with Crippen LogP contribution in [0.15, 0.2) is 24.3 Å². The molecular weight excluding hydrogens is 310 g/mol. The first-order valence-electron chi connectivity index (χ1n) is 9.99. The average molecular weight is 341 g/mol. The van der Waals surface area contributed by atoms with Gasteiger partial charge in [0.05, 0.1) is 0 Å². The monoisotopic (exact) mass is 341 g/mol. The minimum Gasteiger partial charge on any atom is -0.353 e. The molecule has 2 fully saturated rings. The highest BCUT2D eigenvalue weighted by molar-refractivity contribution is 5.86. The lowest BCUT2D eigenvalue weighted by Gasteiger charge is -2.39. The van der Waals surface area contributed by atoms with E-state index in [4.69, 9.17) is 0 Å². The zero-order valence-electron chi connectivity index (χ0n) is 15.5. The number of amides is 1. The molecule has 0 bridgehead atoms. The van der Waals surface area contributed by atoms with Crippen molar-refractivity contribution in [2.75, 3.05) is 26.7 Å². The van der Waals surface area contributed by atoms with Crippen molar-refractivity contribution in [1.29, 1.82) is 0 Å². The maximum Gasteiger partial charge on any atom is 0.240 e. The van der Waals surface area contributed by atoms with Gasteiger partial charge in [0.2, 0.25) is 5.91 Å². The van der Waals surface area contributed by atoms with Gasteiger partial charge < -0.3 is 5.32 Å². The summed E-state index contributed by atoms with van der Waals surface area (Å²) in [4.78, 5) is 18.0. The van der Waals surface area contributed by atoms with Gasteiger partial charge in [-0.05, 0) is 63.4 Å². The van der Waals surface area contributed by atoms with Crippen LogP contribution in [-0.4, -0.2) is 54.0 Å². The molecule has 2 heterocycles. The fourth-order valence-electron chi connectivity index (χ4n) is 5.11. The van der Waals surface area contributed by atoms with Crippen LogP contribution >= 0.6 is 0 Å². The Balaban J connectivity index is 1.41. The maximum absolute atomic E-state index is 13.2. The summed E-state index contributed by atoms with van der Waals surface area (Å²) in [5.41, 5.74) is 2.66. The quantitative estimate of drug-likeness (QED) is 0.914. The van der Waals surface area contributed by atoms with Gasteiger partial charge in [0.1, 0.15) is 5.54 Å². The van der Waals surface area contributed by atoms with Gasteiger partial charge in [-0.3, -0.25) is 14.6 Å². The molecule has 25 heavy (non-hydrogen) atoms. The average Bonchev–Trinajstić information content (AvgIpc) is 3.31. The van der Waals surface area contributed by atoms with Gasteiger partial charge in [-0.1, -0.05) is 37.1 Å². The first-order chi connectivity index (χ1) is 12.2. The number of likely N-dealkylation sites (N-methyl/N-ethyl adjacent to an activating group) is 1.